The maximum absolute atomic E-state index is 13.5. The van der Waals surface area contributed by atoms with Gasteiger partial charge in [0.2, 0.25) is 0 Å². The molecule has 4 nitrogen and oxygen atoms in total. The first-order valence-electron chi connectivity index (χ1n) is 10.1. The number of aliphatic hydroxyl groups excluding tert-OH is 1. The van der Waals surface area contributed by atoms with Crippen molar-refractivity contribution in [1.82, 2.24) is 0 Å². The van der Waals surface area contributed by atoms with Gasteiger partial charge >= 0.3 is 5.97 Å². The van der Waals surface area contributed by atoms with Crippen molar-refractivity contribution in [2.24, 2.45) is 11.8 Å². The van der Waals surface area contributed by atoms with Crippen LogP contribution in [0.5, 0.6) is 5.75 Å². The Bertz CT molecular complexity index is 860. The lowest BCUT2D eigenvalue weighted by atomic mass is 9.81. The summed E-state index contributed by atoms with van der Waals surface area (Å²) >= 11 is 0. The maximum atomic E-state index is 13.5. The highest BCUT2D eigenvalue weighted by Crippen LogP contribution is 2.40. The van der Waals surface area contributed by atoms with E-state index in [0.29, 0.717) is 12.2 Å². The van der Waals surface area contributed by atoms with Crippen LogP contribution >= 0.6 is 0 Å². The van der Waals surface area contributed by atoms with Gasteiger partial charge in [-0.15, -0.1) is 0 Å². The molecular formula is C24H29FO4. The second kappa shape index (κ2) is 8.95. The quantitative estimate of drug-likeness (QED) is 0.724. The highest BCUT2D eigenvalue weighted by atomic mass is 19.1. The van der Waals surface area contributed by atoms with Crippen molar-refractivity contribution in [3.05, 3.63) is 64.5 Å². The van der Waals surface area contributed by atoms with E-state index in [4.69, 9.17) is 9.47 Å². The Morgan fingerprint density at radius 2 is 1.90 bits per heavy atom. The second-order valence-corrected chi connectivity index (χ2v) is 8.21. The molecule has 1 unspecified atom stereocenters. The van der Waals surface area contributed by atoms with Crippen molar-refractivity contribution in [3.63, 3.8) is 0 Å². The van der Waals surface area contributed by atoms with Crippen LogP contribution in [0.2, 0.25) is 0 Å². The summed E-state index contributed by atoms with van der Waals surface area (Å²) < 4.78 is 24.7. The number of hydrogen-bond donors (Lipinski definition) is 1. The molecule has 2 aromatic carbocycles. The second-order valence-electron chi connectivity index (χ2n) is 8.21. The average Bonchev–Trinajstić information content (AvgIpc) is 2.64. The molecule has 5 heteroatoms. The lowest BCUT2D eigenvalue weighted by Crippen LogP contribution is -2.40. The van der Waals surface area contributed by atoms with Gasteiger partial charge in [-0.05, 0) is 43.0 Å². The van der Waals surface area contributed by atoms with E-state index in [0.717, 1.165) is 22.3 Å². The average molecular weight is 400 g/mol. The molecule has 1 aliphatic heterocycles. The first-order valence-corrected chi connectivity index (χ1v) is 10.1. The maximum Gasteiger partial charge on any atom is 0.315 e. The highest BCUT2D eigenvalue weighted by molar-refractivity contribution is 5.74. The molecule has 3 atom stereocenters. The zero-order valence-electron chi connectivity index (χ0n) is 17.4. The van der Waals surface area contributed by atoms with Gasteiger partial charge in [-0.25, -0.2) is 4.39 Å². The predicted octanol–water partition coefficient (Wildman–Crippen LogP) is 4.53. The van der Waals surface area contributed by atoms with Gasteiger partial charge in [-0.1, -0.05) is 43.7 Å². The summed E-state index contributed by atoms with van der Waals surface area (Å²) in [5, 5.41) is 10.2. The Morgan fingerprint density at radius 3 is 2.52 bits per heavy atom. The molecule has 0 bridgehead atoms. The fraction of sp³-hybridized carbons (Fsp3) is 0.458. The first-order chi connectivity index (χ1) is 13.8. The zero-order chi connectivity index (χ0) is 21.1. The van der Waals surface area contributed by atoms with Crippen LogP contribution in [-0.4, -0.2) is 30.4 Å². The Balaban J connectivity index is 1.97. The van der Waals surface area contributed by atoms with E-state index in [9.17, 15) is 14.3 Å². The van der Waals surface area contributed by atoms with E-state index in [1.807, 2.05) is 32.0 Å². The normalized spacial score (nSPS) is 20.4. The van der Waals surface area contributed by atoms with Crippen LogP contribution in [-0.2, 0) is 9.53 Å². The number of aliphatic hydroxyl groups is 1. The third kappa shape index (κ3) is 4.78. The molecule has 3 rings (SSSR count). The largest absolute Gasteiger partial charge is 0.492 e. The summed E-state index contributed by atoms with van der Waals surface area (Å²) in [6.07, 6.45) is -0.340. The van der Waals surface area contributed by atoms with Gasteiger partial charge in [0, 0.05) is 17.9 Å². The smallest absolute Gasteiger partial charge is 0.315 e. The van der Waals surface area contributed by atoms with E-state index in [2.05, 4.69) is 19.9 Å². The molecular weight excluding hydrogens is 371 g/mol. The molecule has 0 amide bonds. The summed E-state index contributed by atoms with van der Waals surface area (Å²) in [6.45, 7) is 8.56. The van der Waals surface area contributed by atoms with Crippen LogP contribution in [0.4, 0.5) is 4.39 Å². The molecule has 0 aliphatic carbocycles. The number of hydrogen-bond acceptors (Lipinski definition) is 4. The SMILES string of the molecule is Cc1cc(C)c(OC[C@@H]2C(=O)OCC[C@H]2O)c(C(c2ccc(F)cc2)C(C)C)c1. The third-order valence-corrected chi connectivity index (χ3v) is 5.51. The summed E-state index contributed by atoms with van der Waals surface area (Å²) in [5.41, 5.74) is 4.08. The third-order valence-electron chi connectivity index (χ3n) is 5.51. The van der Waals surface area contributed by atoms with E-state index >= 15 is 0 Å². The van der Waals surface area contributed by atoms with Crippen molar-refractivity contribution in [2.75, 3.05) is 13.2 Å². The van der Waals surface area contributed by atoms with Gasteiger partial charge in [-0.2, -0.15) is 0 Å². The topological polar surface area (TPSA) is 55.8 Å². The van der Waals surface area contributed by atoms with Crippen LogP contribution in [0.15, 0.2) is 36.4 Å². The number of ether oxygens (including phenoxy) is 2. The molecule has 0 aromatic heterocycles. The zero-order valence-corrected chi connectivity index (χ0v) is 17.4. The molecule has 0 radical (unpaired) electrons. The van der Waals surface area contributed by atoms with Crippen molar-refractivity contribution < 1.29 is 23.8 Å². The predicted molar refractivity (Wildman–Crippen MR) is 110 cm³/mol. The van der Waals surface area contributed by atoms with E-state index in [-0.39, 0.29) is 30.9 Å². The van der Waals surface area contributed by atoms with Crippen LogP contribution < -0.4 is 4.74 Å². The number of aryl methyl sites for hydroxylation is 2. The van der Waals surface area contributed by atoms with Gasteiger partial charge in [0.15, 0.2) is 0 Å². The molecule has 1 heterocycles. The Morgan fingerprint density at radius 1 is 1.21 bits per heavy atom. The number of cyclic esters (lactones) is 1. The fourth-order valence-electron chi connectivity index (χ4n) is 4.11. The molecule has 1 fully saturated rings. The van der Waals surface area contributed by atoms with Crippen molar-refractivity contribution in [1.29, 1.82) is 0 Å². The lowest BCUT2D eigenvalue weighted by molar-refractivity contribution is -0.162. The Kier molecular flexibility index (Phi) is 6.58. The molecule has 29 heavy (non-hydrogen) atoms. The van der Waals surface area contributed by atoms with Crippen LogP contribution in [0.1, 0.15) is 48.4 Å². The van der Waals surface area contributed by atoms with Crippen molar-refractivity contribution in [2.45, 2.75) is 46.1 Å². The molecule has 2 aromatic rings. The first kappa shape index (κ1) is 21.3. The molecule has 156 valence electrons. The molecule has 1 saturated heterocycles. The van der Waals surface area contributed by atoms with Crippen molar-refractivity contribution in [3.8, 4) is 5.75 Å². The highest BCUT2D eigenvalue weighted by Gasteiger charge is 2.34. The van der Waals surface area contributed by atoms with Gasteiger partial charge in [0.1, 0.15) is 24.1 Å². The number of benzene rings is 2. The number of carbonyl (C=O) groups is 1. The monoisotopic (exact) mass is 400 g/mol. The van der Waals surface area contributed by atoms with Gasteiger partial charge in [0.05, 0.1) is 12.7 Å². The van der Waals surface area contributed by atoms with Crippen LogP contribution in [0.25, 0.3) is 0 Å². The number of rotatable bonds is 6. The molecule has 1 aliphatic rings. The van der Waals surface area contributed by atoms with Crippen LogP contribution in [0, 0.1) is 31.5 Å². The summed E-state index contributed by atoms with van der Waals surface area (Å²) in [6, 6.07) is 10.7. The minimum absolute atomic E-state index is 0.00688. The summed E-state index contributed by atoms with van der Waals surface area (Å²) in [4.78, 5) is 12.0. The van der Waals surface area contributed by atoms with Gasteiger partial charge in [0.25, 0.3) is 0 Å². The van der Waals surface area contributed by atoms with Crippen LogP contribution in [0.3, 0.4) is 0 Å². The van der Waals surface area contributed by atoms with Gasteiger partial charge < -0.3 is 14.6 Å². The van der Waals surface area contributed by atoms with Gasteiger partial charge in [-0.3, -0.25) is 4.79 Å². The summed E-state index contributed by atoms with van der Waals surface area (Å²) in [5.74, 6) is -0.418. The number of halogens is 1. The van der Waals surface area contributed by atoms with E-state index in [1.165, 1.54) is 12.1 Å². The molecule has 0 spiro atoms. The molecule has 0 saturated carbocycles. The lowest BCUT2D eigenvalue weighted by Gasteiger charge is -2.29. The fourth-order valence-corrected chi connectivity index (χ4v) is 4.11. The van der Waals surface area contributed by atoms with E-state index in [1.54, 1.807) is 0 Å². The Labute approximate surface area is 171 Å². The number of carbonyl (C=O) groups excluding carboxylic acids is 1. The number of esters is 1. The minimum Gasteiger partial charge on any atom is -0.492 e. The van der Waals surface area contributed by atoms with E-state index < -0.39 is 18.0 Å². The summed E-state index contributed by atoms with van der Waals surface area (Å²) in [7, 11) is 0. The minimum atomic E-state index is -0.761. The molecule has 1 N–H and O–H groups in total. The van der Waals surface area contributed by atoms with Crippen molar-refractivity contribution >= 4 is 5.97 Å². The Hall–Kier alpha value is -2.40. The standard InChI is InChI=1S/C24H29FO4/c1-14(2)22(17-5-7-18(25)8-6-17)19-12-15(3)11-16(4)23(19)29-13-20-21(26)9-10-28-24(20)27/h5-8,11-12,14,20-22,26H,9-10,13H2,1-4H3/t20-,21+,22?/m0/s1.